The first-order valence-corrected chi connectivity index (χ1v) is 13.2. The van der Waals surface area contributed by atoms with Gasteiger partial charge in [-0.15, -0.1) is 0 Å². The Kier molecular flexibility index (Phi) is 7.77. The van der Waals surface area contributed by atoms with E-state index in [0.717, 1.165) is 37.4 Å². The largest absolute Gasteiger partial charge is 0.497 e. The molecule has 2 aliphatic heterocycles. The van der Waals surface area contributed by atoms with Gasteiger partial charge < -0.3 is 19.7 Å². The van der Waals surface area contributed by atoms with E-state index in [1.165, 1.54) is 22.3 Å². The van der Waals surface area contributed by atoms with Crippen LogP contribution in [0.3, 0.4) is 0 Å². The monoisotopic (exact) mass is 499 g/mol. The number of hydrogen-bond acceptors (Lipinski definition) is 4. The van der Waals surface area contributed by atoms with Gasteiger partial charge in [-0.2, -0.15) is 0 Å². The summed E-state index contributed by atoms with van der Waals surface area (Å²) in [6.45, 7) is 5.36. The number of anilines is 1. The number of carbonyl (C=O) groups excluding carboxylic acids is 1. The van der Waals surface area contributed by atoms with Crippen molar-refractivity contribution in [2.75, 3.05) is 45.8 Å². The van der Waals surface area contributed by atoms with Crippen LogP contribution in [0.25, 0.3) is 11.1 Å². The van der Waals surface area contributed by atoms with Crippen LogP contribution in [0.2, 0.25) is 0 Å². The Hall–Kier alpha value is -3.35. The van der Waals surface area contributed by atoms with Crippen LogP contribution in [0.4, 0.5) is 10.5 Å². The predicted octanol–water partition coefficient (Wildman–Crippen LogP) is 5.78. The lowest BCUT2D eigenvalue weighted by atomic mass is 9.74. The summed E-state index contributed by atoms with van der Waals surface area (Å²) < 4.78 is 10.9. The molecule has 37 heavy (non-hydrogen) atoms. The van der Waals surface area contributed by atoms with Crippen molar-refractivity contribution in [2.24, 2.45) is 0 Å². The lowest BCUT2D eigenvalue weighted by Crippen LogP contribution is -2.68. The first-order chi connectivity index (χ1) is 18.1. The van der Waals surface area contributed by atoms with E-state index in [1.54, 1.807) is 14.2 Å². The van der Waals surface area contributed by atoms with E-state index in [4.69, 9.17) is 9.47 Å². The lowest BCUT2D eigenvalue weighted by molar-refractivity contribution is -0.0663. The minimum Gasteiger partial charge on any atom is -0.497 e. The summed E-state index contributed by atoms with van der Waals surface area (Å²) in [7, 11) is 3.42. The lowest BCUT2D eigenvalue weighted by Gasteiger charge is -2.57. The van der Waals surface area contributed by atoms with Crippen molar-refractivity contribution in [3.05, 3.63) is 83.9 Å². The van der Waals surface area contributed by atoms with Gasteiger partial charge >= 0.3 is 6.03 Å². The molecule has 2 heterocycles. The highest BCUT2D eigenvalue weighted by atomic mass is 16.5. The molecule has 0 aliphatic carbocycles. The summed E-state index contributed by atoms with van der Waals surface area (Å²) >= 11 is 0. The van der Waals surface area contributed by atoms with Crippen molar-refractivity contribution in [3.8, 4) is 16.9 Å². The summed E-state index contributed by atoms with van der Waals surface area (Å²) in [4.78, 5) is 17.8. The normalized spacial score (nSPS) is 21.8. The molecule has 0 unspecified atom stereocenters. The van der Waals surface area contributed by atoms with E-state index >= 15 is 0 Å². The van der Waals surface area contributed by atoms with Crippen LogP contribution in [0, 0.1) is 6.92 Å². The highest BCUT2D eigenvalue weighted by Gasteiger charge is 2.49. The zero-order chi connectivity index (χ0) is 25.8. The quantitative estimate of drug-likeness (QED) is 0.467. The van der Waals surface area contributed by atoms with Gasteiger partial charge in [-0.3, -0.25) is 4.90 Å². The van der Waals surface area contributed by atoms with Gasteiger partial charge in [0, 0.05) is 43.9 Å². The molecule has 0 saturated carbocycles. The van der Waals surface area contributed by atoms with E-state index in [-0.39, 0.29) is 12.1 Å². The Morgan fingerprint density at radius 2 is 1.68 bits per heavy atom. The SMILES string of the molecule is COC[C@@H]1[C@H](c2ccc(-c3ccccc3C)cc2)[C@@H]2CN(C(=O)Nc3ccc(OC)cc3)CCCCN12. The molecule has 3 atom stereocenters. The van der Waals surface area contributed by atoms with Crippen LogP contribution >= 0.6 is 0 Å². The third-order valence-corrected chi connectivity index (χ3v) is 7.90. The summed E-state index contributed by atoms with van der Waals surface area (Å²) in [6.07, 6.45) is 2.07. The number of urea groups is 1. The van der Waals surface area contributed by atoms with Crippen LogP contribution < -0.4 is 10.1 Å². The standard InChI is InChI=1S/C31H37N3O3/c1-22-8-4-5-9-27(22)23-10-12-24(13-11-23)30-28-20-33(18-6-7-19-34(28)29(30)21-36-2)31(35)32-25-14-16-26(37-3)17-15-25/h4-5,8-17,28-30H,6-7,18-21H2,1-3H3,(H,32,35)/t28-,29+,30+/m0/s1. The van der Waals surface area contributed by atoms with Gasteiger partial charge in [0.1, 0.15) is 5.75 Å². The number of amides is 2. The van der Waals surface area contributed by atoms with Gasteiger partial charge in [0.15, 0.2) is 0 Å². The number of methoxy groups -OCH3 is 2. The minimum atomic E-state index is -0.0455. The molecule has 3 aromatic carbocycles. The van der Waals surface area contributed by atoms with Crippen LogP contribution in [-0.2, 0) is 4.74 Å². The Labute approximate surface area is 220 Å². The molecule has 6 nitrogen and oxygen atoms in total. The van der Waals surface area contributed by atoms with Crippen molar-refractivity contribution in [2.45, 2.75) is 37.8 Å². The second-order valence-corrected chi connectivity index (χ2v) is 10.1. The fourth-order valence-electron chi connectivity index (χ4n) is 5.94. The summed E-state index contributed by atoms with van der Waals surface area (Å²) in [5, 5.41) is 3.08. The van der Waals surface area contributed by atoms with Crippen LogP contribution in [0.5, 0.6) is 5.75 Å². The third kappa shape index (κ3) is 5.36. The molecule has 0 aromatic heterocycles. The van der Waals surface area contributed by atoms with E-state index in [2.05, 4.69) is 65.7 Å². The second-order valence-electron chi connectivity index (χ2n) is 10.1. The zero-order valence-corrected chi connectivity index (χ0v) is 22.0. The first-order valence-electron chi connectivity index (χ1n) is 13.2. The number of aryl methyl sites for hydroxylation is 1. The number of fused-ring (bicyclic) bond motifs is 1. The fraction of sp³-hybridized carbons (Fsp3) is 0.387. The Balaban J connectivity index is 1.35. The van der Waals surface area contributed by atoms with Gasteiger partial charge in [-0.05, 0) is 72.8 Å². The van der Waals surface area contributed by atoms with Gasteiger partial charge in [0.2, 0.25) is 0 Å². The fourth-order valence-corrected chi connectivity index (χ4v) is 5.94. The van der Waals surface area contributed by atoms with Crippen LogP contribution in [-0.4, -0.2) is 68.4 Å². The summed E-state index contributed by atoms with van der Waals surface area (Å²) in [5.74, 6) is 1.09. The van der Waals surface area contributed by atoms with Gasteiger partial charge in [-0.1, -0.05) is 48.5 Å². The summed E-state index contributed by atoms with van der Waals surface area (Å²) in [6, 6.07) is 25.6. The molecule has 0 spiro atoms. The minimum absolute atomic E-state index is 0.0455. The van der Waals surface area contributed by atoms with Crippen LogP contribution in [0.1, 0.15) is 29.9 Å². The number of rotatable bonds is 6. The molecule has 2 saturated heterocycles. The van der Waals surface area contributed by atoms with Crippen molar-refractivity contribution >= 4 is 11.7 Å². The van der Waals surface area contributed by atoms with E-state index in [9.17, 15) is 4.79 Å². The Morgan fingerprint density at radius 1 is 0.946 bits per heavy atom. The molecular formula is C31H37N3O3. The number of benzene rings is 3. The smallest absolute Gasteiger partial charge is 0.321 e. The molecular weight excluding hydrogens is 462 g/mol. The number of hydrogen-bond donors (Lipinski definition) is 1. The molecule has 2 aliphatic rings. The predicted molar refractivity (Wildman–Crippen MR) is 148 cm³/mol. The second kappa shape index (κ2) is 11.4. The maximum absolute atomic E-state index is 13.3. The highest BCUT2D eigenvalue weighted by molar-refractivity contribution is 5.89. The molecule has 0 bridgehead atoms. The van der Waals surface area contributed by atoms with Crippen LogP contribution in [0.15, 0.2) is 72.8 Å². The third-order valence-electron chi connectivity index (χ3n) is 7.90. The van der Waals surface area contributed by atoms with Gasteiger partial charge in [0.05, 0.1) is 13.7 Å². The molecule has 5 rings (SSSR count). The van der Waals surface area contributed by atoms with E-state index < -0.39 is 0 Å². The molecule has 3 aromatic rings. The highest BCUT2D eigenvalue weighted by Crippen LogP contribution is 2.43. The number of ether oxygens (including phenoxy) is 2. The maximum atomic E-state index is 13.3. The maximum Gasteiger partial charge on any atom is 0.321 e. The number of nitrogens with zero attached hydrogens (tertiary/aromatic N) is 2. The van der Waals surface area contributed by atoms with Gasteiger partial charge in [0.25, 0.3) is 0 Å². The molecule has 1 N–H and O–H groups in total. The molecule has 2 fully saturated rings. The van der Waals surface area contributed by atoms with Crippen molar-refractivity contribution < 1.29 is 14.3 Å². The molecule has 194 valence electrons. The average molecular weight is 500 g/mol. The average Bonchev–Trinajstić information content (AvgIpc) is 2.91. The van der Waals surface area contributed by atoms with Crippen molar-refractivity contribution in [1.29, 1.82) is 0 Å². The topological polar surface area (TPSA) is 54.0 Å². The Morgan fingerprint density at radius 3 is 2.38 bits per heavy atom. The molecule has 2 amide bonds. The molecule has 0 radical (unpaired) electrons. The number of nitrogens with one attached hydrogen (secondary N) is 1. The zero-order valence-electron chi connectivity index (χ0n) is 22.0. The van der Waals surface area contributed by atoms with E-state index in [1.807, 2.05) is 29.2 Å². The van der Waals surface area contributed by atoms with Gasteiger partial charge in [-0.25, -0.2) is 4.79 Å². The summed E-state index contributed by atoms with van der Waals surface area (Å²) in [5.41, 5.74) is 5.88. The van der Waals surface area contributed by atoms with Crippen molar-refractivity contribution in [3.63, 3.8) is 0 Å². The number of carbonyl (C=O) groups is 1. The van der Waals surface area contributed by atoms with Crippen molar-refractivity contribution in [1.82, 2.24) is 9.80 Å². The van der Waals surface area contributed by atoms with E-state index in [0.29, 0.717) is 25.1 Å². The molecule has 6 heteroatoms. The Bertz CT molecular complexity index is 1200. The first kappa shape index (κ1) is 25.3.